The fourth-order valence-corrected chi connectivity index (χ4v) is 3.69. The molecule has 1 aliphatic heterocycles. The van der Waals surface area contributed by atoms with Gasteiger partial charge >= 0.3 is 11.9 Å². The first-order valence-electron chi connectivity index (χ1n) is 8.44. The average molecular weight is 432 g/mol. The van der Waals surface area contributed by atoms with Crippen LogP contribution in [0.5, 0.6) is 0 Å². The first kappa shape index (κ1) is 19.0. The lowest BCUT2D eigenvalue weighted by atomic mass is 10.0. The fraction of sp³-hybridized carbons (Fsp3) is 0.263. The van der Waals surface area contributed by atoms with Crippen LogP contribution in [0.25, 0.3) is 0 Å². The summed E-state index contributed by atoms with van der Waals surface area (Å²) in [5.74, 6) is -3.45. The van der Waals surface area contributed by atoms with Gasteiger partial charge in [-0.15, -0.1) is 0 Å². The summed E-state index contributed by atoms with van der Waals surface area (Å²) in [4.78, 5) is 32.7. The Morgan fingerprint density at radius 1 is 1.19 bits per heavy atom. The average Bonchev–Trinajstić information content (AvgIpc) is 3.05. The molecule has 0 fully saturated rings. The van der Waals surface area contributed by atoms with Crippen molar-refractivity contribution < 1.29 is 19.8 Å². The highest BCUT2D eigenvalue weighted by Crippen LogP contribution is 2.38. The normalized spacial score (nSPS) is 13.3. The molecule has 3 rings (SSSR count). The monoisotopic (exact) mass is 431 g/mol. The Morgan fingerprint density at radius 3 is 2.56 bits per heavy atom. The molecule has 0 bridgehead atoms. The van der Waals surface area contributed by atoms with Crippen LogP contribution in [0.1, 0.15) is 17.5 Å². The van der Waals surface area contributed by atoms with Crippen molar-refractivity contribution in [2.45, 2.75) is 19.3 Å². The summed E-state index contributed by atoms with van der Waals surface area (Å²) < 4.78 is 0.967. The van der Waals surface area contributed by atoms with E-state index in [-0.39, 0.29) is 6.42 Å². The van der Waals surface area contributed by atoms with Crippen LogP contribution in [0.4, 0.5) is 11.6 Å². The molecule has 0 radical (unpaired) electrons. The fourth-order valence-electron chi connectivity index (χ4n) is 3.13. The minimum atomic E-state index is -1.43. The number of carbonyl (C=O) groups is 2. The van der Waals surface area contributed by atoms with Crippen molar-refractivity contribution in [2.75, 3.05) is 11.4 Å². The molecule has 8 heteroatoms. The number of hydrogen-bond donors (Lipinski definition) is 2. The number of halogens is 1. The lowest BCUT2D eigenvalue weighted by molar-refractivity contribution is -0.154. The first-order valence-corrected chi connectivity index (χ1v) is 9.23. The lowest BCUT2D eigenvalue weighted by Gasteiger charge is -2.20. The number of allylic oxidation sites excluding steroid dienone is 2. The van der Waals surface area contributed by atoms with Crippen molar-refractivity contribution in [1.82, 2.24) is 9.97 Å². The molecule has 7 nitrogen and oxygen atoms in total. The van der Waals surface area contributed by atoms with Gasteiger partial charge in [0.2, 0.25) is 5.95 Å². The molecule has 140 valence electrons. The quantitative estimate of drug-likeness (QED) is 0.512. The third kappa shape index (κ3) is 4.33. The molecule has 0 spiro atoms. The SMILES string of the molecule is O=C(O)C(C/C=C/Cc1cc(Br)cc2c1N(c1ncccn1)CC2)C(=O)O. The molecule has 0 amide bonds. The van der Waals surface area contributed by atoms with Crippen LogP contribution in [0, 0.1) is 5.92 Å². The van der Waals surface area contributed by atoms with Crippen molar-refractivity contribution in [1.29, 1.82) is 0 Å². The van der Waals surface area contributed by atoms with Gasteiger partial charge in [-0.1, -0.05) is 28.1 Å². The van der Waals surface area contributed by atoms with E-state index in [1.54, 1.807) is 24.5 Å². The van der Waals surface area contributed by atoms with Gasteiger partial charge < -0.3 is 15.1 Å². The minimum Gasteiger partial charge on any atom is -0.481 e. The number of carboxylic acid groups (broad SMARTS) is 2. The van der Waals surface area contributed by atoms with E-state index in [0.717, 1.165) is 28.7 Å². The molecule has 0 saturated carbocycles. The van der Waals surface area contributed by atoms with Crippen LogP contribution in [-0.2, 0) is 22.4 Å². The third-order valence-corrected chi connectivity index (χ3v) is 4.83. The summed E-state index contributed by atoms with van der Waals surface area (Å²) in [6.07, 6.45) is 8.21. The number of benzene rings is 1. The molecule has 0 saturated heterocycles. The number of carboxylic acids is 2. The largest absolute Gasteiger partial charge is 0.481 e. The van der Waals surface area contributed by atoms with Crippen molar-refractivity contribution in [3.8, 4) is 0 Å². The van der Waals surface area contributed by atoms with Crippen LogP contribution in [0.2, 0.25) is 0 Å². The molecule has 0 aliphatic carbocycles. The molecule has 1 aromatic carbocycles. The van der Waals surface area contributed by atoms with E-state index in [0.29, 0.717) is 12.4 Å². The van der Waals surface area contributed by atoms with Crippen molar-refractivity contribution in [2.24, 2.45) is 5.92 Å². The number of anilines is 2. The zero-order chi connectivity index (χ0) is 19.4. The predicted octanol–water partition coefficient (Wildman–Crippen LogP) is 3.21. The highest BCUT2D eigenvalue weighted by atomic mass is 79.9. The van der Waals surface area contributed by atoms with Crippen LogP contribution in [0.15, 0.2) is 47.2 Å². The highest BCUT2D eigenvalue weighted by Gasteiger charge is 2.26. The summed E-state index contributed by atoms with van der Waals surface area (Å²) in [6, 6.07) is 5.86. The Kier molecular flexibility index (Phi) is 5.85. The van der Waals surface area contributed by atoms with E-state index in [1.165, 1.54) is 5.56 Å². The molecule has 2 heterocycles. The van der Waals surface area contributed by atoms with Gasteiger partial charge in [-0.3, -0.25) is 9.59 Å². The van der Waals surface area contributed by atoms with Gasteiger partial charge in [-0.05, 0) is 48.6 Å². The molecule has 0 unspecified atom stereocenters. The Hall–Kier alpha value is -2.74. The number of nitrogens with zero attached hydrogens (tertiary/aromatic N) is 3. The Morgan fingerprint density at radius 2 is 1.89 bits per heavy atom. The van der Waals surface area contributed by atoms with E-state index >= 15 is 0 Å². The molecule has 2 aromatic rings. The first-order chi connectivity index (χ1) is 13.0. The number of fused-ring (bicyclic) bond motifs is 1. The van der Waals surface area contributed by atoms with Gasteiger partial charge in [-0.2, -0.15) is 0 Å². The van der Waals surface area contributed by atoms with Crippen LogP contribution < -0.4 is 4.90 Å². The van der Waals surface area contributed by atoms with Crippen molar-refractivity contribution >= 4 is 39.5 Å². The molecule has 27 heavy (non-hydrogen) atoms. The Labute approximate surface area is 164 Å². The van der Waals surface area contributed by atoms with Gasteiger partial charge in [0.05, 0.1) is 5.69 Å². The molecule has 1 aliphatic rings. The van der Waals surface area contributed by atoms with E-state index < -0.39 is 17.9 Å². The highest BCUT2D eigenvalue weighted by molar-refractivity contribution is 9.10. The Balaban J connectivity index is 1.82. The zero-order valence-corrected chi connectivity index (χ0v) is 16.0. The maximum atomic E-state index is 11.0. The molecular formula is C19H18BrN3O4. The van der Waals surface area contributed by atoms with E-state index in [2.05, 4.69) is 36.9 Å². The summed E-state index contributed by atoms with van der Waals surface area (Å²) in [6.45, 7) is 0.784. The van der Waals surface area contributed by atoms with Crippen molar-refractivity contribution in [3.05, 3.63) is 58.3 Å². The van der Waals surface area contributed by atoms with Crippen LogP contribution in [-0.4, -0.2) is 38.7 Å². The van der Waals surface area contributed by atoms with E-state index in [4.69, 9.17) is 10.2 Å². The van der Waals surface area contributed by atoms with Crippen LogP contribution >= 0.6 is 15.9 Å². The smallest absolute Gasteiger partial charge is 0.318 e. The number of rotatable bonds is 7. The second kappa shape index (κ2) is 8.30. The van der Waals surface area contributed by atoms with E-state index in [1.807, 2.05) is 12.1 Å². The number of aromatic nitrogens is 2. The lowest BCUT2D eigenvalue weighted by Crippen LogP contribution is -2.22. The molecule has 0 atom stereocenters. The van der Waals surface area contributed by atoms with Crippen LogP contribution in [0.3, 0.4) is 0 Å². The summed E-state index contributed by atoms with van der Waals surface area (Å²) >= 11 is 3.53. The van der Waals surface area contributed by atoms with Gasteiger partial charge in [0.1, 0.15) is 0 Å². The summed E-state index contributed by atoms with van der Waals surface area (Å²) in [7, 11) is 0. The Bertz CT molecular complexity index is 872. The maximum absolute atomic E-state index is 11.0. The summed E-state index contributed by atoms with van der Waals surface area (Å²) in [5, 5.41) is 17.9. The van der Waals surface area contributed by atoms with Gasteiger partial charge in [-0.25, -0.2) is 9.97 Å². The molecular weight excluding hydrogens is 414 g/mol. The second-order valence-electron chi connectivity index (χ2n) is 6.16. The van der Waals surface area contributed by atoms with Gasteiger partial charge in [0.25, 0.3) is 0 Å². The maximum Gasteiger partial charge on any atom is 0.318 e. The zero-order valence-electron chi connectivity index (χ0n) is 14.4. The standard InChI is InChI=1S/C19H18BrN3O4/c20-14-10-12(4-1-2-5-15(17(24)25)18(26)27)16-13(11-14)6-9-23(16)19-21-7-3-8-22-19/h1-3,7-8,10-11,15H,4-6,9H2,(H,24,25)(H,26,27)/b2-1+. The minimum absolute atomic E-state index is 0.0492. The summed E-state index contributed by atoms with van der Waals surface area (Å²) in [5.41, 5.74) is 3.29. The molecule has 2 N–H and O–H groups in total. The second-order valence-corrected chi connectivity index (χ2v) is 7.08. The third-order valence-electron chi connectivity index (χ3n) is 4.37. The van der Waals surface area contributed by atoms with Gasteiger partial charge in [0, 0.05) is 23.4 Å². The number of hydrogen-bond acceptors (Lipinski definition) is 5. The van der Waals surface area contributed by atoms with Crippen molar-refractivity contribution in [3.63, 3.8) is 0 Å². The molecule has 1 aromatic heterocycles. The van der Waals surface area contributed by atoms with E-state index in [9.17, 15) is 9.59 Å². The predicted molar refractivity (Wildman–Crippen MR) is 103 cm³/mol. The number of aliphatic carboxylic acids is 2. The topological polar surface area (TPSA) is 104 Å². The van der Waals surface area contributed by atoms with Gasteiger partial charge in [0.15, 0.2) is 5.92 Å².